The van der Waals surface area contributed by atoms with Gasteiger partial charge in [0.2, 0.25) is 0 Å². The number of nitrogens with zero attached hydrogens (tertiary/aromatic N) is 1. The minimum absolute atomic E-state index is 0.417. The van der Waals surface area contributed by atoms with E-state index in [9.17, 15) is 4.79 Å². The second kappa shape index (κ2) is 5.54. The SMILES string of the molecule is CC(C(=O)O)c1ccc(CN2CC3CCC(C2)O3)cc1. The molecule has 2 aliphatic heterocycles. The van der Waals surface area contributed by atoms with Gasteiger partial charge in [0.25, 0.3) is 0 Å². The van der Waals surface area contributed by atoms with E-state index < -0.39 is 11.9 Å². The lowest BCUT2D eigenvalue weighted by atomic mass is 10.00. The summed E-state index contributed by atoms with van der Waals surface area (Å²) in [7, 11) is 0. The lowest BCUT2D eigenvalue weighted by Crippen LogP contribution is -2.41. The number of aliphatic carboxylic acids is 1. The van der Waals surface area contributed by atoms with Gasteiger partial charge in [0.15, 0.2) is 0 Å². The molecule has 2 heterocycles. The molecule has 0 spiro atoms. The molecule has 0 saturated carbocycles. The maximum Gasteiger partial charge on any atom is 0.310 e. The third-order valence-electron chi connectivity index (χ3n) is 4.38. The number of benzene rings is 1. The van der Waals surface area contributed by atoms with Gasteiger partial charge in [-0.05, 0) is 30.9 Å². The highest BCUT2D eigenvalue weighted by Crippen LogP contribution is 2.27. The van der Waals surface area contributed by atoms with Crippen LogP contribution in [0, 0.1) is 0 Å². The quantitative estimate of drug-likeness (QED) is 0.915. The molecular formula is C16H21NO3. The van der Waals surface area contributed by atoms with Gasteiger partial charge in [-0.15, -0.1) is 0 Å². The molecule has 3 atom stereocenters. The Morgan fingerprint density at radius 2 is 1.90 bits per heavy atom. The Hall–Kier alpha value is -1.39. The van der Waals surface area contributed by atoms with Crippen LogP contribution in [-0.4, -0.2) is 41.3 Å². The molecule has 3 rings (SSSR count). The average molecular weight is 275 g/mol. The fourth-order valence-electron chi connectivity index (χ4n) is 3.14. The van der Waals surface area contributed by atoms with Crippen molar-refractivity contribution in [3.8, 4) is 0 Å². The number of carboxylic acid groups (broad SMARTS) is 1. The van der Waals surface area contributed by atoms with Gasteiger partial charge in [0.05, 0.1) is 18.1 Å². The number of morpholine rings is 1. The monoisotopic (exact) mass is 275 g/mol. The van der Waals surface area contributed by atoms with Gasteiger partial charge < -0.3 is 9.84 Å². The Labute approximate surface area is 119 Å². The molecule has 0 aromatic heterocycles. The summed E-state index contributed by atoms with van der Waals surface area (Å²) in [5.41, 5.74) is 2.11. The zero-order chi connectivity index (χ0) is 14.1. The van der Waals surface area contributed by atoms with Crippen LogP contribution in [0.5, 0.6) is 0 Å². The number of hydrogen-bond donors (Lipinski definition) is 1. The summed E-state index contributed by atoms with van der Waals surface area (Å²) in [6.07, 6.45) is 3.21. The van der Waals surface area contributed by atoms with Gasteiger partial charge in [-0.3, -0.25) is 9.69 Å². The molecule has 20 heavy (non-hydrogen) atoms. The van der Waals surface area contributed by atoms with Crippen LogP contribution < -0.4 is 0 Å². The molecular weight excluding hydrogens is 254 g/mol. The van der Waals surface area contributed by atoms with Crippen LogP contribution in [0.2, 0.25) is 0 Å². The van der Waals surface area contributed by atoms with Crippen molar-refractivity contribution in [1.29, 1.82) is 0 Å². The van der Waals surface area contributed by atoms with E-state index >= 15 is 0 Å². The lowest BCUT2D eigenvalue weighted by molar-refractivity contribution is -0.138. The number of carboxylic acids is 1. The van der Waals surface area contributed by atoms with Gasteiger partial charge in [0, 0.05) is 19.6 Å². The molecule has 3 unspecified atom stereocenters. The Bertz CT molecular complexity index is 473. The molecule has 108 valence electrons. The van der Waals surface area contributed by atoms with Crippen LogP contribution in [0.1, 0.15) is 36.8 Å². The van der Waals surface area contributed by atoms with Crippen LogP contribution >= 0.6 is 0 Å². The minimum Gasteiger partial charge on any atom is -0.481 e. The van der Waals surface area contributed by atoms with Gasteiger partial charge in [-0.2, -0.15) is 0 Å². The van der Waals surface area contributed by atoms with Crippen LogP contribution in [-0.2, 0) is 16.1 Å². The fourth-order valence-corrected chi connectivity index (χ4v) is 3.14. The molecule has 1 aromatic rings. The van der Waals surface area contributed by atoms with Crippen molar-refractivity contribution < 1.29 is 14.6 Å². The van der Waals surface area contributed by atoms with Crippen molar-refractivity contribution in [2.45, 2.75) is 44.4 Å². The first-order valence-electron chi connectivity index (χ1n) is 7.31. The van der Waals surface area contributed by atoms with E-state index in [4.69, 9.17) is 9.84 Å². The second-order valence-electron chi connectivity index (χ2n) is 5.95. The minimum atomic E-state index is -0.775. The van der Waals surface area contributed by atoms with Crippen molar-refractivity contribution in [1.82, 2.24) is 4.90 Å². The number of ether oxygens (including phenoxy) is 1. The topological polar surface area (TPSA) is 49.8 Å². The normalized spacial score (nSPS) is 27.4. The van der Waals surface area contributed by atoms with E-state index in [0.29, 0.717) is 12.2 Å². The molecule has 1 N–H and O–H groups in total. The number of carbonyl (C=O) groups is 1. The third kappa shape index (κ3) is 2.86. The predicted octanol–water partition coefficient (Wildman–Crippen LogP) is 2.24. The smallest absolute Gasteiger partial charge is 0.310 e. The van der Waals surface area contributed by atoms with E-state index in [2.05, 4.69) is 4.90 Å². The molecule has 2 fully saturated rings. The van der Waals surface area contributed by atoms with Crippen LogP contribution in [0.4, 0.5) is 0 Å². The van der Waals surface area contributed by atoms with Crippen molar-refractivity contribution >= 4 is 5.97 Å². The number of rotatable bonds is 4. The zero-order valence-electron chi connectivity index (χ0n) is 11.8. The highest BCUT2D eigenvalue weighted by Gasteiger charge is 2.33. The first-order valence-corrected chi connectivity index (χ1v) is 7.31. The van der Waals surface area contributed by atoms with Crippen molar-refractivity contribution in [2.24, 2.45) is 0 Å². The highest BCUT2D eigenvalue weighted by atomic mass is 16.5. The van der Waals surface area contributed by atoms with E-state index in [1.165, 1.54) is 18.4 Å². The Kier molecular flexibility index (Phi) is 3.76. The molecule has 2 aliphatic rings. The first-order chi connectivity index (χ1) is 9.61. The third-order valence-corrected chi connectivity index (χ3v) is 4.38. The molecule has 0 aliphatic carbocycles. The summed E-state index contributed by atoms with van der Waals surface area (Å²) in [6, 6.07) is 7.96. The first kappa shape index (κ1) is 13.6. The maximum atomic E-state index is 11.0. The summed E-state index contributed by atoms with van der Waals surface area (Å²) in [4.78, 5) is 13.4. The summed E-state index contributed by atoms with van der Waals surface area (Å²) in [6.45, 7) is 4.68. The van der Waals surface area contributed by atoms with Crippen LogP contribution in [0.3, 0.4) is 0 Å². The predicted molar refractivity (Wildman–Crippen MR) is 75.7 cm³/mol. The largest absolute Gasteiger partial charge is 0.481 e. The Morgan fingerprint density at radius 1 is 1.30 bits per heavy atom. The summed E-state index contributed by atoms with van der Waals surface area (Å²) >= 11 is 0. The van der Waals surface area contributed by atoms with Gasteiger partial charge in [-0.1, -0.05) is 24.3 Å². The number of likely N-dealkylation sites (tertiary alicyclic amines) is 1. The number of fused-ring (bicyclic) bond motifs is 2. The van der Waals surface area contributed by atoms with Crippen molar-refractivity contribution in [3.05, 3.63) is 35.4 Å². The van der Waals surface area contributed by atoms with E-state index in [-0.39, 0.29) is 0 Å². The lowest BCUT2D eigenvalue weighted by Gasteiger charge is -2.32. The Balaban J connectivity index is 1.62. The molecule has 4 nitrogen and oxygen atoms in total. The molecule has 0 radical (unpaired) electrons. The van der Waals surface area contributed by atoms with Gasteiger partial charge in [-0.25, -0.2) is 0 Å². The Morgan fingerprint density at radius 3 is 2.45 bits per heavy atom. The van der Waals surface area contributed by atoms with E-state index in [1.54, 1.807) is 6.92 Å². The van der Waals surface area contributed by atoms with Crippen molar-refractivity contribution in [3.63, 3.8) is 0 Å². The number of hydrogen-bond acceptors (Lipinski definition) is 3. The summed E-state index contributed by atoms with van der Waals surface area (Å²) in [5.74, 6) is -1.22. The van der Waals surface area contributed by atoms with Gasteiger partial charge in [0.1, 0.15) is 0 Å². The maximum absolute atomic E-state index is 11.0. The van der Waals surface area contributed by atoms with Crippen molar-refractivity contribution in [2.75, 3.05) is 13.1 Å². The summed E-state index contributed by atoms with van der Waals surface area (Å²) in [5, 5.41) is 9.01. The molecule has 0 amide bonds. The van der Waals surface area contributed by atoms with E-state index in [1.807, 2.05) is 24.3 Å². The zero-order valence-corrected chi connectivity index (χ0v) is 11.8. The standard InChI is InChI=1S/C16H21NO3/c1-11(16(18)19)13-4-2-12(3-5-13)8-17-9-14-6-7-15(10-17)20-14/h2-5,11,14-15H,6-10H2,1H3,(H,18,19). The molecule has 2 saturated heterocycles. The molecule has 2 bridgehead atoms. The van der Waals surface area contributed by atoms with Crippen LogP contribution in [0.25, 0.3) is 0 Å². The average Bonchev–Trinajstić information content (AvgIpc) is 2.78. The van der Waals surface area contributed by atoms with Crippen LogP contribution in [0.15, 0.2) is 24.3 Å². The second-order valence-corrected chi connectivity index (χ2v) is 5.95. The molecule has 1 aromatic carbocycles. The van der Waals surface area contributed by atoms with E-state index in [0.717, 1.165) is 25.2 Å². The summed E-state index contributed by atoms with van der Waals surface area (Å²) < 4.78 is 5.84. The highest BCUT2D eigenvalue weighted by molar-refractivity contribution is 5.75. The van der Waals surface area contributed by atoms with Gasteiger partial charge >= 0.3 is 5.97 Å². The fraction of sp³-hybridized carbons (Fsp3) is 0.562. The molecule has 4 heteroatoms.